The molecule has 0 bridgehead atoms. The maximum atomic E-state index is 12.7. The summed E-state index contributed by atoms with van der Waals surface area (Å²) in [6.07, 6.45) is 0. The van der Waals surface area contributed by atoms with Crippen molar-refractivity contribution in [3.05, 3.63) is 24.3 Å². The predicted octanol–water partition coefficient (Wildman–Crippen LogP) is 0.00120. The summed E-state index contributed by atoms with van der Waals surface area (Å²) in [5.41, 5.74) is 0. The smallest absolute Gasteiger partial charge is 0.323 e. The fraction of sp³-hybridized carbons (Fsp3) is 0.429. The maximum absolute atomic E-state index is 12.7. The highest BCUT2D eigenvalue weighted by Crippen LogP contribution is 2.23. The summed E-state index contributed by atoms with van der Waals surface area (Å²) in [5.74, 6) is -1.06. The predicted molar refractivity (Wildman–Crippen MR) is 80.6 cm³/mol. The highest BCUT2D eigenvalue weighted by atomic mass is 32.2. The second kappa shape index (κ2) is 6.55. The molecule has 1 saturated heterocycles. The molecule has 1 heterocycles. The second-order valence-electron chi connectivity index (χ2n) is 5.11. The van der Waals surface area contributed by atoms with Crippen molar-refractivity contribution in [3.8, 4) is 5.75 Å². The summed E-state index contributed by atoms with van der Waals surface area (Å²) in [5, 5.41) is 9.34. The third kappa shape index (κ3) is 3.45. The zero-order chi connectivity index (χ0) is 17.2. The van der Waals surface area contributed by atoms with E-state index < -0.39 is 22.0 Å². The molecule has 1 N–H and O–H groups in total. The summed E-state index contributed by atoms with van der Waals surface area (Å²) < 4.78 is 31.3. The van der Waals surface area contributed by atoms with Gasteiger partial charge in [-0.25, -0.2) is 8.42 Å². The largest absolute Gasteiger partial charge is 0.497 e. The Kier molecular flexibility index (Phi) is 4.90. The molecule has 0 spiro atoms. The van der Waals surface area contributed by atoms with Gasteiger partial charge < -0.3 is 14.7 Å². The Morgan fingerprint density at radius 1 is 1.22 bits per heavy atom. The molecule has 1 amide bonds. The van der Waals surface area contributed by atoms with Crippen molar-refractivity contribution >= 4 is 21.9 Å². The van der Waals surface area contributed by atoms with Gasteiger partial charge in [-0.15, -0.1) is 0 Å². The normalized spacial score (nSPS) is 19.4. The monoisotopic (exact) mass is 342 g/mol. The van der Waals surface area contributed by atoms with Crippen LogP contribution in [0.5, 0.6) is 5.75 Å². The molecule has 0 aliphatic carbocycles. The van der Waals surface area contributed by atoms with Crippen molar-refractivity contribution in [2.45, 2.75) is 17.9 Å². The number of carboxylic acids is 1. The number of nitrogens with zero attached hydrogens (tertiary/aromatic N) is 2. The first kappa shape index (κ1) is 17.2. The van der Waals surface area contributed by atoms with Crippen molar-refractivity contribution in [2.75, 3.05) is 26.7 Å². The first-order valence-corrected chi connectivity index (χ1v) is 8.35. The fourth-order valence-corrected chi connectivity index (χ4v) is 3.99. The Bertz CT molecular complexity index is 700. The molecule has 9 heteroatoms. The first-order valence-electron chi connectivity index (χ1n) is 6.91. The molecule has 126 valence electrons. The molecular weight excluding hydrogens is 324 g/mol. The van der Waals surface area contributed by atoms with Crippen LogP contribution in [0.4, 0.5) is 0 Å². The number of piperazine rings is 1. The lowest BCUT2D eigenvalue weighted by molar-refractivity contribution is -0.145. The molecule has 0 radical (unpaired) electrons. The molecule has 2 rings (SSSR count). The third-order valence-corrected chi connectivity index (χ3v) is 5.65. The van der Waals surface area contributed by atoms with E-state index in [-0.39, 0.29) is 30.4 Å². The second-order valence-corrected chi connectivity index (χ2v) is 7.00. The van der Waals surface area contributed by atoms with E-state index in [1.54, 1.807) is 0 Å². The van der Waals surface area contributed by atoms with Gasteiger partial charge >= 0.3 is 5.97 Å². The number of hydrogen-bond donors (Lipinski definition) is 1. The van der Waals surface area contributed by atoms with E-state index in [1.165, 1.54) is 43.2 Å². The van der Waals surface area contributed by atoms with Crippen LogP contribution in [0.1, 0.15) is 6.92 Å². The summed E-state index contributed by atoms with van der Waals surface area (Å²) in [6, 6.07) is 4.41. The quantitative estimate of drug-likeness (QED) is 0.826. The highest BCUT2D eigenvalue weighted by molar-refractivity contribution is 7.89. The van der Waals surface area contributed by atoms with E-state index in [1.807, 2.05) is 0 Å². The zero-order valence-electron chi connectivity index (χ0n) is 12.8. The average Bonchev–Trinajstić information content (AvgIpc) is 2.54. The molecule has 0 saturated carbocycles. The van der Waals surface area contributed by atoms with Gasteiger partial charge in [-0.3, -0.25) is 9.59 Å². The molecule has 1 aliphatic rings. The fourth-order valence-electron chi connectivity index (χ4n) is 2.42. The van der Waals surface area contributed by atoms with E-state index in [0.717, 1.165) is 4.31 Å². The maximum Gasteiger partial charge on any atom is 0.323 e. The summed E-state index contributed by atoms with van der Waals surface area (Å²) in [7, 11) is -2.51. The number of carbonyl (C=O) groups is 2. The molecule has 0 unspecified atom stereocenters. The number of hydrogen-bond acceptors (Lipinski definition) is 5. The Hall–Kier alpha value is -2.13. The standard InChI is InChI=1S/C14H18N2O6S/c1-10(17)15-7-8-16(13(9-15)14(18)19)23(20,21)12-5-3-11(22-2)4-6-12/h3-6,13H,7-9H2,1-2H3,(H,18,19)/t13-/m1/s1. The lowest BCUT2D eigenvalue weighted by Gasteiger charge is -2.37. The molecular formula is C14H18N2O6S. The number of aliphatic carboxylic acids is 1. The molecule has 8 nitrogen and oxygen atoms in total. The van der Waals surface area contributed by atoms with Crippen LogP contribution in [-0.4, -0.2) is 67.4 Å². The summed E-state index contributed by atoms with van der Waals surface area (Å²) >= 11 is 0. The van der Waals surface area contributed by atoms with Gasteiger partial charge in [0.1, 0.15) is 11.8 Å². The van der Waals surface area contributed by atoms with Crippen molar-refractivity contribution in [1.29, 1.82) is 0 Å². The number of sulfonamides is 1. The Morgan fingerprint density at radius 2 is 1.83 bits per heavy atom. The van der Waals surface area contributed by atoms with Crippen molar-refractivity contribution in [3.63, 3.8) is 0 Å². The van der Waals surface area contributed by atoms with Gasteiger partial charge in [0.25, 0.3) is 0 Å². The van der Waals surface area contributed by atoms with Gasteiger partial charge in [0.15, 0.2) is 0 Å². The SMILES string of the molecule is COc1ccc(S(=O)(=O)N2CCN(C(C)=O)C[C@@H]2C(=O)O)cc1. The van der Waals surface area contributed by atoms with Gasteiger partial charge in [0, 0.05) is 26.6 Å². The van der Waals surface area contributed by atoms with Gasteiger partial charge in [0.05, 0.1) is 12.0 Å². The summed E-state index contributed by atoms with van der Waals surface area (Å²) in [6.45, 7) is 1.26. The van der Waals surface area contributed by atoms with Crippen LogP contribution in [0.3, 0.4) is 0 Å². The molecule has 1 aliphatic heterocycles. The molecule has 1 atom stereocenters. The number of ether oxygens (including phenoxy) is 1. The average molecular weight is 342 g/mol. The van der Waals surface area contributed by atoms with Gasteiger partial charge in [-0.1, -0.05) is 0 Å². The number of benzene rings is 1. The Morgan fingerprint density at radius 3 is 2.30 bits per heavy atom. The van der Waals surface area contributed by atoms with Crippen LogP contribution in [-0.2, 0) is 19.6 Å². The third-order valence-electron chi connectivity index (χ3n) is 3.73. The van der Waals surface area contributed by atoms with Crippen LogP contribution in [0.2, 0.25) is 0 Å². The van der Waals surface area contributed by atoms with Gasteiger partial charge in [-0.2, -0.15) is 4.31 Å². The number of rotatable bonds is 4. The minimum absolute atomic E-state index is 0.0131. The molecule has 1 aromatic carbocycles. The number of carboxylic acid groups (broad SMARTS) is 1. The lowest BCUT2D eigenvalue weighted by atomic mass is 10.2. The summed E-state index contributed by atoms with van der Waals surface area (Å²) in [4.78, 5) is 24.2. The molecule has 0 aromatic heterocycles. The van der Waals surface area contributed by atoms with E-state index in [0.29, 0.717) is 5.75 Å². The Balaban J connectivity index is 2.33. The van der Waals surface area contributed by atoms with Crippen LogP contribution in [0, 0.1) is 0 Å². The van der Waals surface area contributed by atoms with Gasteiger partial charge in [-0.05, 0) is 24.3 Å². The molecule has 1 fully saturated rings. The topological polar surface area (TPSA) is 104 Å². The zero-order valence-corrected chi connectivity index (χ0v) is 13.6. The minimum Gasteiger partial charge on any atom is -0.497 e. The van der Waals surface area contributed by atoms with Crippen molar-refractivity contribution < 1.29 is 27.9 Å². The van der Waals surface area contributed by atoms with Crippen LogP contribution in [0.25, 0.3) is 0 Å². The molecule has 23 heavy (non-hydrogen) atoms. The van der Waals surface area contributed by atoms with E-state index in [4.69, 9.17) is 4.74 Å². The number of methoxy groups -OCH3 is 1. The van der Waals surface area contributed by atoms with Gasteiger partial charge in [0.2, 0.25) is 15.9 Å². The highest BCUT2D eigenvalue weighted by Gasteiger charge is 2.40. The van der Waals surface area contributed by atoms with Crippen LogP contribution < -0.4 is 4.74 Å². The van der Waals surface area contributed by atoms with E-state index in [2.05, 4.69) is 0 Å². The number of carbonyl (C=O) groups excluding carboxylic acids is 1. The van der Waals surface area contributed by atoms with Crippen LogP contribution in [0.15, 0.2) is 29.2 Å². The van der Waals surface area contributed by atoms with Crippen LogP contribution >= 0.6 is 0 Å². The number of amides is 1. The van der Waals surface area contributed by atoms with E-state index in [9.17, 15) is 23.1 Å². The van der Waals surface area contributed by atoms with E-state index >= 15 is 0 Å². The van der Waals surface area contributed by atoms with Crippen molar-refractivity contribution in [1.82, 2.24) is 9.21 Å². The molecule has 1 aromatic rings. The first-order chi connectivity index (χ1) is 10.8. The van der Waals surface area contributed by atoms with Crippen molar-refractivity contribution in [2.24, 2.45) is 0 Å². The Labute approximate surface area is 134 Å². The minimum atomic E-state index is -3.97. The lowest BCUT2D eigenvalue weighted by Crippen LogP contribution is -2.58.